The highest BCUT2D eigenvalue weighted by Gasteiger charge is 2.31. The second kappa shape index (κ2) is 5.64. The fourth-order valence-electron chi connectivity index (χ4n) is 3.41. The van der Waals surface area contributed by atoms with Gasteiger partial charge in [-0.15, -0.1) is 0 Å². The van der Waals surface area contributed by atoms with Crippen LogP contribution in [0.4, 0.5) is 5.69 Å². The van der Waals surface area contributed by atoms with E-state index in [1.54, 1.807) is 10.9 Å². The molecule has 2 saturated carbocycles. The van der Waals surface area contributed by atoms with E-state index >= 15 is 0 Å². The molecule has 1 heterocycles. The van der Waals surface area contributed by atoms with Crippen LogP contribution < -0.4 is 10.9 Å². The Morgan fingerprint density at radius 1 is 1.43 bits per heavy atom. The third-order valence-electron chi connectivity index (χ3n) is 4.97. The van der Waals surface area contributed by atoms with Crippen molar-refractivity contribution in [1.29, 1.82) is 0 Å². The number of anilines is 1. The van der Waals surface area contributed by atoms with Crippen molar-refractivity contribution in [2.75, 3.05) is 5.32 Å². The molecule has 0 spiro atoms. The third kappa shape index (κ3) is 3.25. The lowest BCUT2D eigenvalue weighted by Gasteiger charge is -2.25. The molecule has 5 heteroatoms. The van der Waals surface area contributed by atoms with Gasteiger partial charge in [0.05, 0.1) is 11.2 Å². The van der Waals surface area contributed by atoms with E-state index in [1.807, 2.05) is 0 Å². The molecule has 116 valence electrons. The lowest BCUT2D eigenvalue weighted by Crippen LogP contribution is -2.32. The molecule has 2 aliphatic carbocycles. The highest BCUT2D eigenvalue weighted by Crippen LogP contribution is 2.38. The van der Waals surface area contributed by atoms with E-state index in [9.17, 15) is 4.79 Å². The molecule has 1 atom stereocenters. The predicted octanol–water partition coefficient (Wildman–Crippen LogP) is 3.69. The van der Waals surface area contributed by atoms with Gasteiger partial charge in [0, 0.05) is 12.6 Å². The summed E-state index contributed by atoms with van der Waals surface area (Å²) in [6.07, 6.45) is 8.64. The lowest BCUT2D eigenvalue weighted by atomic mass is 9.85. The summed E-state index contributed by atoms with van der Waals surface area (Å²) < 4.78 is 1.58. The van der Waals surface area contributed by atoms with Crippen LogP contribution in [0.1, 0.15) is 52.4 Å². The van der Waals surface area contributed by atoms with Crippen molar-refractivity contribution in [3.05, 3.63) is 21.6 Å². The van der Waals surface area contributed by atoms with Crippen molar-refractivity contribution >= 4 is 17.3 Å². The van der Waals surface area contributed by atoms with Crippen LogP contribution >= 0.6 is 11.6 Å². The van der Waals surface area contributed by atoms with E-state index in [4.69, 9.17) is 11.6 Å². The SMILES string of the molecule is CC1(C)CCC(Nc2c(Cl)cnn(CC3CCC3)c2=O)C1. The number of rotatable bonds is 4. The zero-order valence-corrected chi connectivity index (χ0v) is 13.6. The highest BCUT2D eigenvalue weighted by molar-refractivity contribution is 6.33. The normalized spacial score (nSPS) is 24.8. The van der Waals surface area contributed by atoms with Crippen molar-refractivity contribution in [1.82, 2.24) is 9.78 Å². The maximum Gasteiger partial charge on any atom is 0.291 e. The number of nitrogens with zero attached hydrogens (tertiary/aromatic N) is 2. The van der Waals surface area contributed by atoms with Crippen molar-refractivity contribution in [2.45, 2.75) is 65.0 Å². The Morgan fingerprint density at radius 3 is 2.76 bits per heavy atom. The summed E-state index contributed by atoms with van der Waals surface area (Å²) in [5.74, 6) is 0.606. The number of hydrogen-bond donors (Lipinski definition) is 1. The molecule has 1 N–H and O–H groups in total. The summed E-state index contributed by atoms with van der Waals surface area (Å²) in [5, 5.41) is 8.01. The van der Waals surface area contributed by atoms with E-state index in [2.05, 4.69) is 24.3 Å². The van der Waals surface area contributed by atoms with Gasteiger partial charge in [-0.1, -0.05) is 31.9 Å². The monoisotopic (exact) mass is 309 g/mol. The molecule has 1 aromatic heterocycles. The van der Waals surface area contributed by atoms with Gasteiger partial charge in [-0.25, -0.2) is 4.68 Å². The Kier molecular flexibility index (Phi) is 4.00. The van der Waals surface area contributed by atoms with Crippen LogP contribution in [0, 0.1) is 11.3 Å². The van der Waals surface area contributed by atoms with Crippen molar-refractivity contribution in [2.24, 2.45) is 11.3 Å². The summed E-state index contributed by atoms with van der Waals surface area (Å²) in [5.41, 5.74) is 0.815. The summed E-state index contributed by atoms with van der Waals surface area (Å²) in [4.78, 5) is 12.6. The zero-order valence-electron chi connectivity index (χ0n) is 12.9. The lowest BCUT2D eigenvalue weighted by molar-refractivity contribution is 0.262. The highest BCUT2D eigenvalue weighted by atomic mass is 35.5. The summed E-state index contributed by atoms with van der Waals surface area (Å²) in [6, 6.07) is 0.338. The fourth-order valence-corrected chi connectivity index (χ4v) is 3.59. The van der Waals surface area contributed by atoms with Gasteiger partial charge >= 0.3 is 0 Å². The van der Waals surface area contributed by atoms with E-state index in [-0.39, 0.29) is 5.56 Å². The summed E-state index contributed by atoms with van der Waals surface area (Å²) in [7, 11) is 0. The van der Waals surface area contributed by atoms with Gasteiger partial charge in [0.2, 0.25) is 0 Å². The van der Waals surface area contributed by atoms with Crippen LogP contribution in [-0.2, 0) is 6.54 Å². The number of hydrogen-bond acceptors (Lipinski definition) is 3. The Morgan fingerprint density at radius 2 is 2.19 bits per heavy atom. The Balaban J connectivity index is 1.77. The van der Waals surface area contributed by atoms with Crippen LogP contribution in [0.5, 0.6) is 0 Å². The van der Waals surface area contributed by atoms with Gasteiger partial charge in [-0.3, -0.25) is 4.79 Å². The maximum absolute atomic E-state index is 12.6. The first-order valence-electron chi connectivity index (χ1n) is 7.97. The molecule has 0 saturated heterocycles. The molecule has 2 aliphatic rings. The van der Waals surface area contributed by atoms with Crippen LogP contribution in [0.3, 0.4) is 0 Å². The Bertz CT molecular complexity index is 577. The third-order valence-corrected chi connectivity index (χ3v) is 5.26. The van der Waals surface area contributed by atoms with Gasteiger partial charge < -0.3 is 5.32 Å². The van der Waals surface area contributed by atoms with Crippen LogP contribution in [0.15, 0.2) is 11.0 Å². The van der Waals surface area contributed by atoms with E-state index in [1.165, 1.54) is 25.7 Å². The molecule has 0 radical (unpaired) electrons. The molecular weight excluding hydrogens is 286 g/mol. The molecule has 1 aromatic rings. The smallest absolute Gasteiger partial charge is 0.291 e. The van der Waals surface area contributed by atoms with Crippen molar-refractivity contribution < 1.29 is 0 Å². The zero-order chi connectivity index (χ0) is 15.0. The first-order valence-corrected chi connectivity index (χ1v) is 8.34. The minimum Gasteiger partial charge on any atom is -0.377 e. The summed E-state index contributed by atoms with van der Waals surface area (Å²) >= 11 is 6.20. The average Bonchev–Trinajstić information content (AvgIpc) is 2.71. The van der Waals surface area contributed by atoms with Crippen LogP contribution in [0.2, 0.25) is 5.02 Å². The van der Waals surface area contributed by atoms with E-state index in [0.717, 1.165) is 19.4 Å². The van der Waals surface area contributed by atoms with Gasteiger partial charge in [0.25, 0.3) is 5.56 Å². The molecular formula is C16H24ClN3O. The average molecular weight is 310 g/mol. The summed E-state index contributed by atoms with van der Waals surface area (Å²) in [6.45, 7) is 5.27. The molecule has 1 unspecified atom stereocenters. The first kappa shape index (κ1) is 14.9. The molecule has 4 nitrogen and oxygen atoms in total. The van der Waals surface area contributed by atoms with Crippen molar-refractivity contribution in [3.8, 4) is 0 Å². The first-order chi connectivity index (χ1) is 9.94. The van der Waals surface area contributed by atoms with E-state index < -0.39 is 0 Å². The van der Waals surface area contributed by atoms with Crippen molar-refractivity contribution in [3.63, 3.8) is 0 Å². The fraction of sp³-hybridized carbons (Fsp3) is 0.750. The molecule has 0 bridgehead atoms. The Hall–Kier alpha value is -1.03. The van der Waals surface area contributed by atoms with Gasteiger partial charge in [-0.05, 0) is 43.4 Å². The Labute approximate surface area is 130 Å². The standard InChI is InChI=1S/C16H24ClN3O/c1-16(2)7-6-12(8-16)19-14-13(17)9-18-20(15(14)21)10-11-4-3-5-11/h9,11-12,19H,3-8,10H2,1-2H3. The van der Waals surface area contributed by atoms with Gasteiger partial charge in [0.1, 0.15) is 5.69 Å². The second-order valence-corrected chi connectivity index (χ2v) is 7.81. The molecule has 21 heavy (non-hydrogen) atoms. The maximum atomic E-state index is 12.6. The minimum atomic E-state index is -0.0703. The number of aromatic nitrogens is 2. The van der Waals surface area contributed by atoms with Gasteiger partial charge in [0.15, 0.2) is 0 Å². The predicted molar refractivity (Wildman–Crippen MR) is 85.9 cm³/mol. The van der Waals surface area contributed by atoms with Gasteiger partial charge in [-0.2, -0.15) is 5.10 Å². The number of nitrogens with one attached hydrogen (secondary N) is 1. The molecule has 2 fully saturated rings. The number of halogens is 1. The van der Waals surface area contributed by atoms with Crippen LogP contribution in [0.25, 0.3) is 0 Å². The van der Waals surface area contributed by atoms with E-state index in [0.29, 0.717) is 28.1 Å². The largest absolute Gasteiger partial charge is 0.377 e. The molecule has 3 rings (SSSR count). The molecule has 0 aliphatic heterocycles. The quantitative estimate of drug-likeness (QED) is 0.922. The molecule has 0 aromatic carbocycles. The molecule has 0 amide bonds. The van der Waals surface area contributed by atoms with Crippen LogP contribution in [-0.4, -0.2) is 15.8 Å². The topological polar surface area (TPSA) is 46.9 Å². The minimum absolute atomic E-state index is 0.0703. The second-order valence-electron chi connectivity index (χ2n) is 7.40.